The van der Waals surface area contributed by atoms with Gasteiger partial charge >= 0.3 is 23.9 Å². The van der Waals surface area contributed by atoms with E-state index < -0.39 is 67.3 Å². The van der Waals surface area contributed by atoms with Gasteiger partial charge in [-0.25, -0.2) is 4.79 Å². The number of unbranched alkanes of at least 4 members (excludes halogenated alkanes) is 27. The van der Waals surface area contributed by atoms with Crippen LogP contribution in [0.1, 0.15) is 290 Å². The summed E-state index contributed by atoms with van der Waals surface area (Å²) in [5, 5.41) is 31.6. The molecule has 0 saturated carbocycles. The van der Waals surface area contributed by atoms with Crippen LogP contribution in [0, 0.1) is 0 Å². The third kappa shape index (κ3) is 50.9. The fourth-order valence-electron chi connectivity index (χ4n) is 10.0. The fourth-order valence-corrected chi connectivity index (χ4v) is 10.0. The van der Waals surface area contributed by atoms with Crippen molar-refractivity contribution >= 4 is 23.9 Å². The number of aliphatic carboxylic acids is 1. The molecule has 6 unspecified atom stereocenters. The van der Waals surface area contributed by atoms with Crippen LogP contribution in [0.3, 0.4) is 0 Å². The third-order valence-electron chi connectivity index (χ3n) is 15.3. The van der Waals surface area contributed by atoms with Gasteiger partial charge in [0.05, 0.1) is 6.61 Å². The molecule has 6 atom stereocenters. The molecule has 1 saturated heterocycles. The Morgan fingerprint density at radius 3 is 1.17 bits per heavy atom. The first-order valence-electron chi connectivity index (χ1n) is 34.9. The molecule has 0 aromatic rings. The van der Waals surface area contributed by atoms with E-state index in [-0.39, 0.29) is 25.9 Å². The van der Waals surface area contributed by atoms with E-state index in [0.717, 1.165) is 103 Å². The molecule has 1 heterocycles. The molecule has 0 aliphatic carbocycles. The summed E-state index contributed by atoms with van der Waals surface area (Å²) in [7, 11) is 0. The standard InChI is InChI=1S/C75H124O12/c1-4-7-10-13-16-19-22-25-28-31-34-37-40-43-46-49-52-55-58-61-67(76)83-64-66(85-68(77)62-59-56-53-50-47-44-41-38-35-32-29-26-23-20-17-14-11-8-5-2)65-84-75-73(71(80)70(79)72(87-75)74(81)82)86-69(78)63-60-57-54-51-48-45-42-39-36-33-30-27-24-21-18-15-12-9-6-3/h9,12,16,18-19,21,25,27-28,30,34,36-37,39,45,48,54,57,66,70-73,75,79-80H,4-8,10-11,13-15,17,20,22-24,26,29,31-33,35,38,40-44,46-47,49-53,55-56,58-65H2,1-3H3,(H,81,82)/b12-9-,19-16-,21-18-,28-25-,30-27-,37-34-,39-36-,48-45-,57-54-. The van der Waals surface area contributed by atoms with E-state index >= 15 is 0 Å². The molecule has 0 bridgehead atoms. The van der Waals surface area contributed by atoms with Crippen LogP contribution in [0.4, 0.5) is 0 Å². The van der Waals surface area contributed by atoms with Gasteiger partial charge in [0.2, 0.25) is 0 Å². The minimum atomic E-state index is -1.94. The SMILES string of the molecule is CC/C=C\C/C=C\C/C=C\C/C=C\C/C=C\C/C=C\CCC(=O)OC1C(OCC(COC(=O)CCCCCCCC/C=C\C/C=C\C/C=C\CCCCC)OC(=O)CCCCCCCCCCCCCCCCCCCCC)OC(C(=O)O)C(O)C1O. The summed E-state index contributed by atoms with van der Waals surface area (Å²) < 4.78 is 28.5. The lowest BCUT2D eigenvalue weighted by Gasteiger charge is -2.40. The van der Waals surface area contributed by atoms with Gasteiger partial charge in [-0.1, -0.05) is 284 Å². The van der Waals surface area contributed by atoms with Crippen molar-refractivity contribution in [3.8, 4) is 0 Å². The van der Waals surface area contributed by atoms with E-state index in [1.807, 2.05) is 18.2 Å². The number of carbonyl (C=O) groups excluding carboxylic acids is 3. The number of hydrogen-bond acceptors (Lipinski definition) is 11. The maximum Gasteiger partial charge on any atom is 0.335 e. The van der Waals surface area contributed by atoms with E-state index in [1.165, 1.54) is 122 Å². The van der Waals surface area contributed by atoms with E-state index in [9.17, 15) is 34.5 Å². The number of ether oxygens (including phenoxy) is 5. The van der Waals surface area contributed by atoms with Crippen LogP contribution >= 0.6 is 0 Å². The molecule has 0 radical (unpaired) electrons. The quantitative estimate of drug-likeness (QED) is 0.0228. The zero-order valence-electron chi connectivity index (χ0n) is 55.0. The Hall–Kier alpha value is -4.62. The monoisotopic (exact) mass is 1220 g/mol. The van der Waals surface area contributed by atoms with E-state index in [0.29, 0.717) is 25.7 Å². The van der Waals surface area contributed by atoms with Crippen LogP contribution in [0.2, 0.25) is 0 Å². The lowest BCUT2D eigenvalue weighted by molar-refractivity contribution is -0.301. The van der Waals surface area contributed by atoms with Gasteiger partial charge < -0.3 is 39.0 Å². The number of esters is 3. The molecule has 87 heavy (non-hydrogen) atoms. The predicted molar refractivity (Wildman–Crippen MR) is 358 cm³/mol. The van der Waals surface area contributed by atoms with Crippen LogP contribution in [0.5, 0.6) is 0 Å². The molecule has 12 nitrogen and oxygen atoms in total. The fraction of sp³-hybridized carbons (Fsp3) is 0.707. The van der Waals surface area contributed by atoms with Crippen molar-refractivity contribution in [2.24, 2.45) is 0 Å². The summed E-state index contributed by atoms with van der Waals surface area (Å²) in [5.41, 5.74) is 0. The lowest BCUT2D eigenvalue weighted by Crippen LogP contribution is -2.61. The third-order valence-corrected chi connectivity index (χ3v) is 15.3. The van der Waals surface area contributed by atoms with Crippen LogP contribution in [-0.2, 0) is 42.9 Å². The first kappa shape index (κ1) is 80.4. The summed E-state index contributed by atoms with van der Waals surface area (Å²) >= 11 is 0. The zero-order chi connectivity index (χ0) is 63.1. The summed E-state index contributed by atoms with van der Waals surface area (Å²) in [4.78, 5) is 51.5. The molecule has 3 N–H and O–H groups in total. The average molecular weight is 1220 g/mol. The minimum Gasteiger partial charge on any atom is -0.479 e. The van der Waals surface area contributed by atoms with Crippen molar-refractivity contribution in [2.75, 3.05) is 13.2 Å². The molecule has 1 aliphatic rings. The molecular formula is C75H124O12. The first-order valence-corrected chi connectivity index (χ1v) is 34.9. The molecule has 1 aliphatic heterocycles. The molecule has 1 rings (SSSR count). The van der Waals surface area contributed by atoms with Crippen LogP contribution in [-0.4, -0.2) is 89.2 Å². The zero-order valence-corrected chi connectivity index (χ0v) is 55.0. The highest BCUT2D eigenvalue weighted by Gasteiger charge is 2.50. The highest BCUT2D eigenvalue weighted by molar-refractivity contribution is 5.74. The Bertz CT molecular complexity index is 1930. The summed E-state index contributed by atoms with van der Waals surface area (Å²) in [6, 6.07) is 0. The Balaban J connectivity index is 2.69. The van der Waals surface area contributed by atoms with Gasteiger partial charge in [-0.3, -0.25) is 14.4 Å². The number of carboxylic acid groups (broad SMARTS) is 1. The number of aliphatic hydroxyl groups is 2. The van der Waals surface area contributed by atoms with Gasteiger partial charge in [-0.05, 0) is 96.3 Å². The normalized spacial score (nSPS) is 18.0. The maximum absolute atomic E-state index is 13.3. The largest absolute Gasteiger partial charge is 0.479 e. The van der Waals surface area contributed by atoms with Gasteiger partial charge in [0.1, 0.15) is 18.8 Å². The van der Waals surface area contributed by atoms with Crippen molar-refractivity contribution in [3.63, 3.8) is 0 Å². The summed E-state index contributed by atoms with van der Waals surface area (Å²) in [5.74, 6) is -3.24. The van der Waals surface area contributed by atoms with Crippen molar-refractivity contribution in [1.82, 2.24) is 0 Å². The Labute approximate surface area is 529 Å². The number of carbonyl (C=O) groups is 4. The van der Waals surface area contributed by atoms with Crippen LogP contribution in [0.25, 0.3) is 0 Å². The number of allylic oxidation sites excluding steroid dienone is 18. The van der Waals surface area contributed by atoms with E-state index in [4.69, 9.17) is 23.7 Å². The highest BCUT2D eigenvalue weighted by Crippen LogP contribution is 2.26. The molecule has 0 amide bonds. The van der Waals surface area contributed by atoms with Gasteiger partial charge in [0, 0.05) is 19.3 Å². The van der Waals surface area contributed by atoms with Crippen LogP contribution < -0.4 is 0 Å². The Morgan fingerprint density at radius 1 is 0.391 bits per heavy atom. The maximum atomic E-state index is 13.3. The van der Waals surface area contributed by atoms with Crippen molar-refractivity contribution in [1.29, 1.82) is 0 Å². The molecule has 0 aromatic carbocycles. The summed E-state index contributed by atoms with van der Waals surface area (Å²) in [6.45, 7) is 5.86. The molecule has 0 spiro atoms. The van der Waals surface area contributed by atoms with Crippen molar-refractivity contribution < 1.29 is 58.2 Å². The molecule has 1 fully saturated rings. The molecule has 496 valence electrons. The van der Waals surface area contributed by atoms with Crippen LogP contribution in [0.15, 0.2) is 109 Å². The lowest BCUT2D eigenvalue weighted by atomic mass is 9.98. The minimum absolute atomic E-state index is 0.0694. The van der Waals surface area contributed by atoms with Crippen molar-refractivity contribution in [2.45, 2.75) is 327 Å². The number of rotatable bonds is 59. The first-order chi connectivity index (χ1) is 42.6. The number of carboxylic acids is 1. The van der Waals surface area contributed by atoms with Crippen molar-refractivity contribution in [3.05, 3.63) is 109 Å². The Morgan fingerprint density at radius 2 is 0.747 bits per heavy atom. The smallest absolute Gasteiger partial charge is 0.335 e. The molecule has 12 heteroatoms. The summed E-state index contributed by atoms with van der Waals surface area (Å²) in [6.07, 6.45) is 71.9. The number of hydrogen-bond donors (Lipinski definition) is 3. The Kier molecular flexibility index (Phi) is 56.9. The van der Waals surface area contributed by atoms with E-state index in [1.54, 1.807) is 0 Å². The topological polar surface area (TPSA) is 175 Å². The average Bonchev–Trinajstić information content (AvgIpc) is 2.60. The number of aliphatic hydroxyl groups excluding tert-OH is 2. The molecular weight excluding hydrogens is 1090 g/mol. The predicted octanol–water partition coefficient (Wildman–Crippen LogP) is 19.4. The van der Waals surface area contributed by atoms with Gasteiger partial charge in [-0.2, -0.15) is 0 Å². The second kappa shape index (κ2) is 61.6. The van der Waals surface area contributed by atoms with Gasteiger partial charge in [0.15, 0.2) is 24.6 Å². The van der Waals surface area contributed by atoms with Gasteiger partial charge in [0.25, 0.3) is 0 Å². The second-order valence-electron chi connectivity index (χ2n) is 23.4. The second-order valence-corrected chi connectivity index (χ2v) is 23.4. The molecule has 0 aromatic heterocycles. The van der Waals surface area contributed by atoms with Gasteiger partial charge in [-0.15, -0.1) is 0 Å². The van der Waals surface area contributed by atoms with E-state index in [2.05, 4.69) is 112 Å². The highest BCUT2D eigenvalue weighted by atomic mass is 16.7.